The summed E-state index contributed by atoms with van der Waals surface area (Å²) >= 11 is 0. The molecule has 3 nitrogen and oxygen atoms in total. The maximum absolute atomic E-state index is 10.3. The fourth-order valence-electron chi connectivity index (χ4n) is 3.27. The molecule has 0 fully saturated rings. The van der Waals surface area contributed by atoms with Crippen LogP contribution < -0.4 is 5.32 Å². The summed E-state index contributed by atoms with van der Waals surface area (Å²) < 4.78 is 0. The SMILES string of the molecule is CCCCCCCCC/C=C/CCCCCCCCCCCNC(=O)O. The number of carbonyl (C=O) groups is 1. The number of hydrogen-bond acceptors (Lipinski definition) is 1. The van der Waals surface area contributed by atoms with Gasteiger partial charge in [0.1, 0.15) is 0 Å². The predicted molar refractivity (Wildman–Crippen MR) is 114 cm³/mol. The molecule has 0 saturated heterocycles. The molecule has 0 aliphatic rings. The minimum absolute atomic E-state index is 0.599. The first-order valence-corrected chi connectivity index (χ1v) is 11.4. The lowest BCUT2D eigenvalue weighted by atomic mass is 10.1. The maximum Gasteiger partial charge on any atom is 0.404 e. The van der Waals surface area contributed by atoms with Gasteiger partial charge in [0.2, 0.25) is 0 Å². The van der Waals surface area contributed by atoms with Gasteiger partial charge in [-0.25, -0.2) is 4.79 Å². The second kappa shape index (κ2) is 22.1. The minimum Gasteiger partial charge on any atom is -0.465 e. The minimum atomic E-state index is -0.905. The van der Waals surface area contributed by atoms with Crippen LogP contribution in [0.1, 0.15) is 122 Å². The van der Waals surface area contributed by atoms with Gasteiger partial charge in [0, 0.05) is 6.54 Å². The topological polar surface area (TPSA) is 49.3 Å². The monoisotopic (exact) mass is 367 g/mol. The van der Waals surface area contributed by atoms with Crippen LogP contribution in [0.3, 0.4) is 0 Å². The van der Waals surface area contributed by atoms with E-state index in [0.717, 1.165) is 12.8 Å². The van der Waals surface area contributed by atoms with Crippen molar-refractivity contribution in [1.29, 1.82) is 0 Å². The van der Waals surface area contributed by atoms with Gasteiger partial charge >= 0.3 is 6.09 Å². The molecule has 2 N–H and O–H groups in total. The zero-order chi connectivity index (χ0) is 19.1. The first kappa shape index (κ1) is 25.0. The van der Waals surface area contributed by atoms with Gasteiger partial charge in [-0.05, 0) is 32.1 Å². The summed E-state index contributed by atoms with van der Waals surface area (Å²) in [5, 5.41) is 10.9. The van der Waals surface area contributed by atoms with Crippen molar-refractivity contribution in [2.24, 2.45) is 0 Å². The standard InChI is InChI=1S/C23H45NO2/c1-2-3-4-5-6-7-8-9-10-11-12-13-14-15-16-17-18-19-20-21-22-24-23(25)26/h10-11,24H,2-9,12-22H2,1H3,(H,25,26)/b11-10+. The van der Waals surface area contributed by atoms with E-state index in [-0.39, 0.29) is 0 Å². The van der Waals surface area contributed by atoms with Crippen LogP contribution in [0.4, 0.5) is 4.79 Å². The van der Waals surface area contributed by atoms with E-state index in [1.807, 2.05) is 0 Å². The van der Waals surface area contributed by atoms with Crippen LogP contribution in [0.15, 0.2) is 12.2 Å². The summed E-state index contributed by atoms with van der Waals surface area (Å²) in [7, 11) is 0. The van der Waals surface area contributed by atoms with Crippen molar-refractivity contribution in [3.63, 3.8) is 0 Å². The second-order valence-electron chi connectivity index (χ2n) is 7.58. The van der Waals surface area contributed by atoms with Crippen LogP contribution in [0, 0.1) is 0 Å². The van der Waals surface area contributed by atoms with Crippen LogP contribution in [0.25, 0.3) is 0 Å². The number of unbranched alkanes of at least 4 members (excludes halogenated alkanes) is 16. The smallest absolute Gasteiger partial charge is 0.404 e. The lowest BCUT2D eigenvalue weighted by molar-refractivity contribution is 0.194. The number of carboxylic acid groups (broad SMARTS) is 1. The lowest BCUT2D eigenvalue weighted by Crippen LogP contribution is -2.21. The average Bonchev–Trinajstić information content (AvgIpc) is 2.62. The molecule has 154 valence electrons. The lowest BCUT2D eigenvalue weighted by Gasteiger charge is -2.02. The Morgan fingerprint density at radius 3 is 1.46 bits per heavy atom. The maximum atomic E-state index is 10.3. The Bertz CT molecular complexity index is 315. The first-order chi connectivity index (χ1) is 12.8. The van der Waals surface area contributed by atoms with E-state index in [4.69, 9.17) is 5.11 Å². The van der Waals surface area contributed by atoms with Gasteiger partial charge in [-0.2, -0.15) is 0 Å². The highest BCUT2D eigenvalue weighted by Gasteiger charge is 1.95. The Balaban J connectivity index is 3.07. The predicted octanol–water partition coefficient (Wildman–Crippen LogP) is 7.85. The van der Waals surface area contributed by atoms with Gasteiger partial charge in [0.25, 0.3) is 0 Å². The number of allylic oxidation sites excluding steroid dienone is 2. The normalized spacial score (nSPS) is 11.3. The van der Waals surface area contributed by atoms with Crippen molar-refractivity contribution in [3.05, 3.63) is 12.2 Å². The highest BCUT2D eigenvalue weighted by molar-refractivity contribution is 5.64. The third-order valence-electron chi connectivity index (χ3n) is 4.96. The summed E-state index contributed by atoms with van der Waals surface area (Å²) in [6.45, 7) is 2.88. The van der Waals surface area contributed by atoms with Gasteiger partial charge in [-0.15, -0.1) is 0 Å². The van der Waals surface area contributed by atoms with E-state index in [1.165, 1.54) is 103 Å². The molecule has 0 saturated carbocycles. The van der Waals surface area contributed by atoms with Crippen LogP contribution >= 0.6 is 0 Å². The van der Waals surface area contributed by atoms with Crippen LogP contribution in [0.5, 0.6) is 0 Å². The number of rotatable bonds is 20. The average molecular weight is 368 g/mol. The van der Waals surface area contributed by atoms with Crippen molar-refractivity contribution >= 4 is 6.09 Å². The molecule has 0 aromatic rings. The Hall–Kier alpha value is -0.990. The molecule has 0 radical (unpaired) electrons. The van der Waals surface area contributed by atoms with Gasteiger partial charge in [0.15, 0.2) is 0 Å². The number of hydrogen-bond donors (Lipinski definition) is 2. The quantitative estimate of drug-likeness (QED) is 0.170. The summed E-state index contributed by atoms with van der Waals surface area (Å²) in [6.07, 6.45) is 27.6. The molecule has 0 rings (SSSR count). The van der Waals surface area contributed by atoms with E-state index in [2.05, 4.69) is 24.4 Å². The van der Waals surface area contributed by atoms with Crippen molar-refractivity contribution in [1.82, 2.24) is 5.32 Å². The molecule has 0 aromatic carbocycles. The van der Waals surface area contributed by atoms with E-state index >= 15 is 0 Å². The fourth-order valence-corrected chi connectivity index (χ4v) is 3.27. The van der Waals surface area contributed by atoms with Gasteiger partial charge in [0.05, 0.1) is 0 Å². The van der Waals surface area contributed by atoms with Gasteiger partial charge in [-0.3, -0.25) is 0 Å². The zero-order valence-corrected chi connectivity index (χ0v) is 17.4. The number of nitrogens with one attached hydrogen (secondary N) is 1. The fraction of sp³-hybridized carbons (Fsp3) is 0.870. The molecule has 3 heteroatoms. The van der Waals surface area contributed by atoms with E-state index < -0.39 is 6.09 Å². The second-order valence-corrected chi connectivity index (χ2v) is 7.58. The molecule has 0 bridgehead atoms. The van der Waals surface area contributed by atoms with Crippen molar-refractivity contribution in [3.8, 4) is 0 Å². The molecular weight excluding hydrogens is 322 g/mol. The third-order valence-corrected chi connectivity index (χ3v) is 4.96. The summed E-state index contributed by atoms with van der Waals surface area (Å²) in [4.78, 5) is 10.3. The summed E-state index contributed by atoms with van der Waals surface area (Å²) in [5.74, 6) is 0. The third kappa shape index (κ3) is 23.0. The van der Waals surface area contributed by atoms with Gasteiger partial charge < -0.3 is 10.4 Å². The van der Waals surface area contributed by atoms with Crippen molar-refractivity contribution < 1.29 is 9.90 Å². The molecule has 1 amide bonds. The molecule has 0 aliphatic carbocycles. The zero-order valence-electron chi connectivity index (χ0n) is 17.4. The largest absolute Gasteiger partial charge is 0.465 e. The highest BCUT2D eigenvalue weighted by atomic mass is 16.4. The molecule has 0 spiro atoms. The van der Waals surface area contributed by atoms with Crippen molar-refractivity contribution in [2.75, 3.05) is 6.54 Å². The van der Waals surface area contributed by atoms with E-state index in [1.54, 1.807) is 0 Å². The molecular formula is C23H45NO2. The molecule has 0 heterocycles. The van der Waals surface area contributed by atoms with Crippen LogP contribution in [-0.2, 0) is 0 Å². The molecule has 0 aromatic heterocycles. The molecule has 0 unspecified atom stereocenters. The Morgan fingerprint density at radius 1 is 0.654 bits per heavy atom. The Kier molecular flexibility index (Phi) is 21.2. The first-order valence-electron chi connectivity index (χ1n) is 11.4. The van der Waals surface area contributed by atoms with E-state index in [9.17, 15) is 4.79 Å². The van der Waals surface area contributed by atoms with Gasteiger partial charge in [-0.1, -0.05) is 103 Å². The highest BCUT2D eigenvalue weighted by Crippen LogP contribution is 2.11. The number of amides is 1. The van der Waals surface area contributed by atoms with E-state index in [0.29, 0.717) is 6.54 Å². The summed E-state index contributed by atoms with van der Waals surface area (Å²) in [5.41, 5.74) is 0. The Morgan fingerprint density at radius 2 is 1.04 bits per heavy atom. The molecule has 0 atom stereocenters. The molecule has 0 aliphatic heterocycles. The van der Waals surface area contributed by atoms with Crippen LogP contribution in [0.2, 0.25) is 0 Å². The van der Waals surface area contributed by atoms with Crippen LogP contribution in [-0.4, -0.2) is 17.7 Å². The van der Waals surface area contributed by atoms with Crippen molar-refractivity contribution in [2.45, 2.75) is 122 Å². The molecule has 26 heavy (non-hydrogen) atoms. The Labute approximate surface area is 163 Å². The summed E-state index contributed by atoms with van der Waals surface area (Å²) in [6, 6.07) is 0.